The number of hydrogen-bond acceptors (Lipinski definition) is 5. The summed E-state index contributed by atoms with van der Waals surface area (Å²) in [6.45, 7) is 3.18. The number of carboxylic acids is 1. The van der Waals surface area contributed by atoms with Crippen LogP contribution in [0.2, 0.25) is 0 Å². The number of amides is 1. The number of carboxylic acid groups (broad SMARTS) is 1. The monoisotopic (exact) mass is 305 g/mol. The van der Waals surface area contributed by atoms with Crippen LogP contribution in [0.4, 0.5) is 10.8 Å². The lowest BCUT2D eigenvalue weighted by Crippen LogP contribution is -2.35. The number of nitrogens with two attached hydrogens (primary N) is 1. The van der Waals surface area contributed by atoms with Crippen molar-refractivity contribution in [2.45, 2.75) is 13.8 Å². The van der Waals surface area contributed by atoms with Gasteiger partial charge in [-0.3, -0.25) is 14.5 Å². The second kappa shape index (κ2) is 5.92. The molecule has 1 amide bonds. The lowest BCUT2D eigenvalue weighted by Gasteiger charge is -2.20. The first-order chi connectivity index (χ1) is 9.88. The summed E-state index contributed by atoms with van der Waals surface area (Å²) in [5.41, 5.74) is 7.66. The summed E-state index contributed by atoms with van der Waals surface area (Å²) >= 11 is 1.06. The topological polar surface area (TPSA) is 96.5 Å². The van der Waals surface area contributed by atoms with E-state index >= 15 is 0 Å². The predicted octanol–water partition coefficient (Wildman–Crippen LogP) is 2.07. The summed E-state index contributed by atoms with van der Waals surface area (Å²) in [7, 11) is 0. The molecule has 0 unspecified atom stereocenters. The highest BCUT2D eigenvalue weighted by atomic mass is 32.1. The third-order valence-corrected chi connectivity index (χ3v) is 3.87. The molecule has 0 bridgehead atoms. The molecule has 0 aliphatic rings. The molecular formula is C14H15N3O3S. The van der Waals surface area contributed by atoms with Crippen LogP contribution in [-0.4, -0.2) is 28.5 Å². The van der Waals surface area contributed by atoms with Crippen molar-refractivity contribution in [3.63, 3.8) is 0 Å². The number of anilines is 2. The van der Waals surface area contributed by atoms with Gasteiger partial charge in [0.05, 0.1) is 5.69 Å². The number of nitrogen functional groups attached to an aromatic ring is 1. The highest BCUT2D eigenvalue weighted by Gasteiger charge is 2.24. The highest BCUT2D eigenvalue weighted by Crippen LogP contribution is 2.24. The van der Waals surface area contributed by atoms with Gasteiger partial charge in [0, 0.05) is 5.69 Å². The van der Waals surface area contributed by atoms with Gasteiger partial charge in [-0.15, -0.1) is 0 Å². The van der Waals surface area contributed by atoms with Gasteiger partial charge in [-0.2, -0.15) is 0 Å². The summed E-state index contributed by atoms with van der Waals surface area (Å²) < 4.78 is 0. The number of aryl methyl sites for hydroxylation is 2. The first-order valence-electron chi connectivity index (χ1n) is 6.21. The maximum atomic E-state index is 12.6. The van der Waals surface area contributed by atoms with E-state index in [0.717, 1.165) is 16.9 Å². The average Bonchev–Trinajstić information content (AvgIpc) is 2.75. The van der Waals surface area contributed by atoms with Crippen molar-refractivity contribution in [2.24, 2.45) is 0 Å². The minimum absolute atomic E-state index is 0.287. The number of aliphatic carboxylic acids is 1. The minimum atomic E-state index is -1.08. The standard InChI is InChI=1S/C14H15N3O3S/c1-8-3-5-10(6-4-8)17(7-11(18)19)13(20)12-9(2)16-14(15)21-12/h3-6H,7H2,1-2H3,(H2,15,16)(H,18,19). The Morgan fingerprint density at radius 2 is 1.90 bits per heavy atom. The molecule has 0 aliphatic heterocycles. The van der Waals surface area contributed by atoms with Gasteiger partial charge < -0.3 is 10.8 Å². The smallest absolute Gasteiger partial charge is 0.323 e. The second-order valence-corrected chi connectivity index (χ2v) is 5.62. The molecule has 21 heavy (non-hydrogen) atoms. The van der Waals surface area contributed by atoms with E-state index < -0.39 is 18.4 Å². The van der Waals surface area contributed by atoms with Gasteiger partial charge in [0.1, 0.15) is 11.4 Å². The molecule has 6 nitrogen and oxygen atoms in total. The number of hydrogen-bond donors (Lipinski definition) is 2. The van der Waals surface area contributed by atoms with Gasteiger partial charge in [-0.1, -0.05) is 29.0 Å². The van der Waals surface area contributed by atoms with Crippen LogP contribution < -0.4 is 10.6 Å². The summed E-state index contributed by atoms with van der Waals surface area (Å²) in [6.07, 6.45) is 0. The molecule has 110 valence electrons. The molecule has 0 saturated carbocycles. The van der Waals surface area contributed by atoms with Crippen LogP contribution in [0.25, 0.3) is 0 Å². The zero-order valence-corrected chi connectivity index (χ0v) is 12.5. The molecule has 1 aromatic heterocycles. The minimum Gasteiger partial charge on any atom is -0.480 e. The zero-order chi connectivity index (χ0) is 15.6. The Morgan fingerprint density at radius 3 is 2.38 bits per heavy atom. The number of nitrogens with zero attached hydrogens (tertiary/aromatic N) is 2. The van der Waals surface area contributed by atoms with Crippen molar-refractivity contribution < 1.29 is 14.7 Å². The quantitative estimate of drug-likeness (QED) is 0.901. The number of rotatable bonds is 4. The summed E-state index contributed by atoms with van der Waals surface area (Å²) in [4.78, 5) is 29.2. The van der Waals surface area contributed by atoms with Gasteiger partial charge in [0.2, 0.25) is 0 Å². The largest absolute Gasteiger partial charge is 0.480 e. The van der Waals surface area contributed by atoms with Gasteiger partial charge in [0.15, 0.2) is 5.13 Å². The molecule has 0 aliphatic carbocycles. The van der Waals surface area contributed by atoms with Crippen LogP contribution in [0.1, 0.15) is 20.9 Å². The molecular weight excluding hydrogens is 290 g/mol. The van der Waals surface area contributed by atoms with Crippen molar-refractivity contribution >= 4 is 34.0 Å². The Balaban J connectivity index is 2.40. The fourth-order valence-corrected chi connectivity index (χ4v) is 2.66. The number of carbonyl (C=O) groups excluding carboxylic acids is 1. The summed E-state index contributed by atoms with van der Waals surface area (Å²) in [5.74, 6) is -1.49. The maximum absolute atomic E-state index is 12.6. The van der Waals surface area contributed by atoms with Crippen LogP contribution in [0.15, 0.2) is 24.3 Å². The zero-order valence-electron chi connectivity index (χ0n) is 11.7. The normalized spacial score (nSPS) is 10.4. The Bertz CT molecular complexity index is 679. The summed E-state index contributed by atoms with van der Waals surface area (Å²) in [6, 6.07) is 7.09. The molecule has 0 atom stereocenters. The van der Waals surface area contributed by atoms with Crippen LogP contribution >= 0.6 is 11.3 Å². The highest BCUT2D eigenvalue weighted by molar-refractivity contribution is 7.17. The molecule has 2 aromatic rings. The van der Waals surface area contributed by atoms with E-state index in [1.54, 1.807) is 19.1 Å². The van der Waals surface area contributed by atoms with Crippen molar-refractivity contribution in [1.82, 2.24) is 4.98 Å². The average molecular weight is 305 g/mol. The summed E-state index contributed by atoms with van der Waals surface area (Å²) in [5, 5.41) is 9.33. The SMILES string of the molecule is Cc1ccc(N(CC(=O)O)C(=O)c2sc(N)nc2C)cc1. The third-order valence-electron chi connectivity index (χ3n) is 2.89. The van der Waals surface area contributed by atoms with Crippen LogP contribution in [0, 0.1) is 13.8 Å². The Morgan fingerprint density at radius 1 is 1.29 bits per heavy atom. The van der Waals surface area contributed by atoms with E-state index in [-0.39, 0.29) is 5.13 Å². The van der Waals surface area contributed by atoms with Crippen molar-refractivity contribution in [3.8, 4) is 0 Å². The van der Waals surface area contributed by atoms with E-state index in [4.69, 9.17) is 10.8 Å². The first kappa shape index (κ1) is 15.0. The molecule has 1 aromatic carbocycles. The fraction of sp³-hybridized carbons (Fsp3) is 0.214. The number of benzene rings is 1. The van der Waals surface area contributed by atoms with Gasteiger partial charge in [-0.25, -0.2) is 4.98 Å². The van der Waals surface area contributed by atoms with E-state index in [1.165, 1.54) is 4.90 Å². The molecule has 3 N–H and O–H groups in total. The molecule has 0 saturated heterocycles. The second-order valence-electron chi connectivity index (χ2n) is 4.59. The van der Waals surface area contributed by atoms with E-state index in [0.29, 0.717) is 16.3 Å². The Kier molecular flexibility index (Phi) is 4.23. The molecule has 1 heterocycles. The Labute approximate surface area is 125 Å². The fourth-order valence-electron chi connectivity index (χ4n) is 1.88. The van der Waals surface area contributed by atoms with Crippen LogP contribution in [0.3, 0.4) is 0 Å². The molecule has 7 heteroatoms. The number of thiazole rings is 1. The van der Waals surface area contributed by atoms with Crippen molar-refractivity contribution in [2.75, 3.05) is 17.2 Å². The predicted molar refractivity (Wildman–Crippen MR) is 81.8 cm³/mol. The van der Waals surface area contributed by atoms with Gasteiger partial charge in [-0.05, 0) is 26.0 Å². The Hall–Kier alpha value is -2.41. The lowest BCUT2D eigenvalue weighted by atomic mass is 10.2. The van der Waals surface area contributed by atoms with E-state index in [9.17, 15) is 9.59 Å². The van der Waals surface area contributed by atoms with Crippen LogP contribution in [-0.2, 0) is 4.79 Å². The lowest BCUT2D eigenvalue weighted by molar-refractivity contribution is -0.135. The van der Waals surface area contributed by atoms with Crippen molar-refractivity contribution in [3.05, 3.63) is 40.4 Å². The number of aromatic nitrogens is 1. The maximum Gasteiger partial charge on any atom is 0.323 e. The number of carbonyl (C=O) groups is 2. The molecule has 0 radical (unpaired) electrons. The van der Waals surface area contributed by atoms with E-state index in [2.05, 4.69) is 4.98 Å². The van der Waals surface area contributed by atoms with Gasteiger partial charge >= 0.3 is 5.97 Å². The van der Waals surface area contributed by atoms with Gasteiger partial charge in [0.25, 0.3) is 5.91 Å². The first-order valence-corrected chi connectivity index (χ1v) is 7.03. The third kappa shape index (κ3) is 3.38. The molecule has 0 spiro atoms. The van der Waals surface area contributed by atoms with Crippen LogP contribution in [0.5, 0.6) is 0 Å². The molecule has 2 rings (SSSR count). The van der Waals surface area contributed by atoms with Crippen molar-refractivity contribution in [1.29, 1.82) is 0 Å². The molecule has 0 fully saturated rings. The van der Waals surface area contributed by atoms with E-state index in [1.807, 2.05) is 19.1 Å².